The van der Waals surface area contributed by atoms with E-state index in [1.807, 2.05) is 12.3 Å². The topological polar surface area (TPSA) is 105 Å². The number of carbonyl (C=O) groups excluding carboxylic acids is 1. The fourth-order valence-corrected chi connectivity index (χ4v) is 4.35. The summed E-state index contributed by atoms with van der Waals surface area (Å²) in [6, 6.07) is 13.0. The molecule has 2 aromatic carbocycles. The lowest BCUT2D eigenvalue weighted by Crippen LogP contribution is -2.41. The SMILES string of the molecule is NC(=O)Cn1ncc2cc(CN3CCC[C@H](Nc4ccc5[nH]ncc5c4)C3)ccc21. The summed E-state index contributed by atoms with van der Waals surface area (Å²) in [6.45, 7) is 3.10. The molecule has 0 radical (unpaired) electrons. The molecule has 0 bridgehead atoms. The number of hydrogen-bond acceptors (Lipinski definition) is 5. The van der Waals surface area contributed by atoms with Gasteiger partial charge in [0.1, 0.15) is 6.54 Å². The number of aromatic nitrogens is 4. The number of rotatable bonds is 6. The van der Waals surface area contributed by atoms with Gasteiger partial charge in [0.15, 0.2) is 0 Å². The molecule has 5 rings (SSSR count). The minimum absolute atomic E-state index is 0.104. The summed E-state index contributed by atoms with van der Waals surface area (Å²) < 4.78 is 1.65. The van der Waals surface area contributed by atoms with E-state index in [-0.39, 0.29) is 12.5 Å². The Kier molecular flexibility index (Phi) is 4.84. The van der Waals surface area contributed by atoms with Gasteiger partial charge in [-0.05, 0) is 55.3 Å². The van der Waals surface area contributed by atoms with Crippen LogP contribution < -0.4 is 11.1 Å². The largest absolute Gasteiger partial charge is 0.381 e. The van der Waals surface area contributed by atoms with Crippen molar-refractivity contribution in [3.63, 3.8) is 0 Å². The average molecular weight is 403 g/mol. The van der Waals surface area contributed by atoms with Gasteiger partial charge in [0.25, 0.3) is 0 Å². The second kappa shape index (κ2) is 7.79. The van der Waals surface area contributed by atoms with E-state index in [1.165, 1.54) is 18.4 Å². The smallest absolute Gasteiger partial charge is 0.239 e. The first kappa shape index (κ1) is 18.6. The van der Waals surface area contributed by atoms with Crippen molar-refractivity contribution < 1.29 is 4.79 Å². The van der Waals surface area contributed by atoms with Gasteiger partial charge in [-0.2, -0.15) is 10.2 Å². The number of nitrogens with one attached hydrogen (secondary N) is 2. The van der Waals surface area contributed by atoms with Gasteiger partial charge in [-0.15, -0.1) is 0 Å². The van der Waals surface area contributed by atoms with Crippen molar-refractivity contribution in [1.82, 2.24) is 24.9 Å². The van der Waals surface area contributed by atoms with Gasteiger partial charge >= 0.3 is 0 Å². The summed E-state index contributed by atoms with van der Waals surface area (Å²) in [5.41, 5.74) is 9.68. The van der Waals surface area contributed by atoms with Crippen LogP contribution in [0, 0.1) is 0 Å². The molecule has 1 atom stereocenters. The first-order chi connectivity index (χ1) is 14.6. The van der Waals surface area contributed by atoms with Crippen LogP contribution in [-0.4, -0.2) is 49.9 Å². The zero-order chi connectivity index (χ0) is 20.5. The van der Waals surface area contributed by atoms with Crippen LogP contribution in [0.25, 0.3) is 21.8 Å². The maximum Gasteiger partial charge on any atom is 0.239 e. The van der Waals surface area contributed by atoms with Gasteiger partial charge < -0.3 is 11.1 Å². The summed E-state index contributed by atoms with van der Waals surface area (Å²) in [6.07, 6.45) is 5.99. The predicted octanol–water partition coefficient (Wildman–Crippen LogP) is 2.47. The number of fused-ring (bicyclic) bond motifs is 2. The first-order valence-electron chi connectivity index (χ1n) is 10.3. The molecule has 2 aromatic heterocycles. The summed E-state index contributed by atoms with van der Waals surface area (Å²) in [7, 11) is 0. The number of H-pyrrole nitrogens is 1. The average Bonchev–Trinajstić information content (AvgIpc) is 3.34. The Morgan fingerprint density at radius 2 is 2.13 bits per heavy atom. The quantitative estimate of drug-likeness (QED) is 0.459. The van der Waals surface area contributed by atoms with Crippen molar-refractivity contribution >= 4 is 33.4 Å². The minimum atomic E-state index is -0.386. The number of primary amides is 1. The number of likely N-dealkylation sites (tertiary alicyclic amines) is 1. The molecular formula is C22H25N7O. The highest BCUT2D eigenvalue weighted by molar-refractivity contribution is 5.82. The molecule has 1 amide bonds. The minimum Gasteiger partial charge on any atom is -0.381 e. The second-order valence-corrected chi connectivity index (χ2v) is 8.05. The lowest BCUT2D eigenvalue weighted by molar-refractivity contribution is -0.118. The number of carbonyl (C=O) groups is 1. The van der Waals surface area contributed by atoms with E-state index >= 15 is 0 Å². The Morgan fingerprint density at radius 1 is 1.20 bits per heavy atom. The standard InChI is InChI=1S/C22H25N7O/c23-22(30)14-29-21-6-3-15(8-17(21)11-25-29)12-28-7-1-2-19(13-28)26-18-4-5-20-16(9-18)10-24-27-20/h3-6,8-11,19,26H,1-2,7,12-14H2,(H2,23,30)(H,24,27)/t19-/m0/s1. The molecule has 1 aliphatic heterocycles. The van der Waals surface area contributed by atoms with Gasteiger partial charge in [-0.3, -0.25) is 19.5 Å². The zero-order valence-corrected chi connectivity index (χ0v) is 16.7. The zero-order valence-electron chi connectivity index (χ0n) is 16.7. The Morgan fingerprint density at radius 3 is 3.03 bits per heavy atom. The van der Waals surface area contributed by atoms with Crippen molar-refractivity contribution in [3.8, 4) is 0 Å². The molecule has 4 aromatic rings. The fourth-order valence-electron chi connectivity index (χ4n) is 4.35. The van der Waals surface area contributed by atoms with Crippen LogP contribution >= 0.6 is 0 Å². The summed E-state index contributed by atoms with van der Waals surface area (Å²) in [5, 5.41) is 17.2. The third kappa shape index (κ3) is 3.86. The third-order valence-electron chi connectivity index (χ3n) is 5.73. The van der Waals surface area contributed by atoms with Gasteiger partial charge in [-0.1, -0.05) is 6.07 Å². The molecule has 8 nitrogen and oxygen atoms in total. The Labute approximate surface area is 174 Å². The highest BCUT2D eigenvalue weighted by atomic mass is 16.1. The van der Waals surface area contributed by atoms with Crippen molar-refractivity contribution in [2.45, 2.75) is 32.0 Å². The van der Waals surface area contributed by atoms with E-state index in [0.717, 1.165) is 47.1 Å². The Balaban J connectivity index is 1.25. The van der Waals surface area contributed by atoms with Crippen molar-refractivity contribution in [2.24, 2.45) is 5.73 Å². The van der Waals surface area contributed by atoms with E-state index < -0.39 is 0 Å². The molecule has 30 heavy (non-hydrogen) atoms. The lowest BCUT2D eigenvalue weighted by Gasteiger charge is -2.33. The van der Waals surface area contributed by atoms with Crippen molar-refractivity contribution in [3.05, 3.63) is 54.4 Å². The molecule has 0 unspecified atom stereocenters. The van der Waals surface area contributed by atoms with Gasteiger partial charge in [0.2, 0.25) is 5.91 Å². The highest BCUT2D eigenvalue weighted by Gasteiger charge is 2.20. The van der Waals surface area contributed by atoms with Gasteiger partial charge in [0.05, 0.1) is 23.4 Å². The van der Waals surface area contributed by atoms with E-state index in [0.29, 0.717) is 6.04 Å². The number of hydrogen-bond donors (Lipinski definition) is 3. The van der Waals surface area contributed by atoms with E-state index in [2.05, 4.69) is 55.8 Å². The molecule has 1 fully saturated rings. The highest BCUT2D eigenvalue weighted by Crippen LogP contribution is 2.22. The van der Waals surface area contributed by atoms with Crippen molar-refractivity contribution in [1.29, 1.82) is 0 Å². The summed E-state index contributed by atoms with van der Waals surface area (Å²) in [5.74, 6) is -0.386. The molecule has 4 N–H and O–H groups in total. The molecule has 154 valence electrons. The Hall–Kier alpha value is -3.39. The molecular weight excluding hydrogens is 378 g/mol. The normalized spacial score (nSPS) is 17.5. The number of anilines is 1. The van der Waals surface area contributed by atoms with Crippen LogP contribution in [-0.2, 0) is 17.9 Å². The number of amides is 1. The van der Waals surface area contributed by atoms with Crippen LogP contribution in [0.15, 0.2) is 48.8 Å². The molecule has 0 saturated carbocycles. The molecule has 1 saturated heterocycles. The number of nitrogens with zero attached hydrogens (tertiary/aromatic N) is 4. The first-order valence-corrected chi connectivity index (χ1v) is 10.3. The molecule has 0 aliphatic carbocycles. The third-order valence-corrected chi connectivity index (χ3v) is 5.73. The molecule has 3 heterocycles. The lowest BCUT2D eigenvalue weighted by atomic mass is 10.0. The monoisotopic (exact) mass is 403 g/mol. The van der Waals surface area contributed by atoms with Crippen molar-refractivity contribution in [2.75, 3.05) is 18.4 Å². The second-order valence-electron chi connectivity index (χ2n) is 8.05. The number of piperidine rings is 1. The van der Waals surface area contributed by atoms with Gasteiger partial charge in [0, 0.05) is 35.6 Å². The maximum absolute atomic E-state index is 11.2. The summed E-state index contributed by atoms with van der Waals surface area (Å²) in [4.78, 5) is 13.7. The van der Waals surface area contributed by atoms with Crippen LogP contribution in [0.1, 0.15) is 18.4 Å². The van der Waals surface area contributed by atoms with E-state index in [4.69, 9.17) is 5.73 Å². The van der Waals surface area contributed by atoms with Crippen LogP contribution in [0.4, 0.5) is 5.69 Å². The van der Waals surface area contributed by atoms with E-state index in [9.17, 15) is 4.79 Å². The predicted molar refractivity (Wildman–Crippen MR) is 117 cm³/mol. The fraction of sp³-hybridized carbons (Fsp3) is 0.318. The number of nitrogens with two attached hydrogens (primary N) is 1. The molecule has 0 spiro atoms. The molecule has 8 heteroatoms. The van der Waals surface area contributed by atoms with Crippen LogP contribution in [0.5, 0.6) is 0 Å². The maximum atomic E-state index is 11.2. The number of benzene rings is 2. The number of aromatic amines is 1. The van der Waals surface area contributed by atoms with Gasteiger partial charge in [-0.25, -0.2) is 0 Å². The Bertz CT molecular complexity index is 1190. The van der Waals surface area contributed by atoms with Crippen LogP contribution in [0.2, 0.25) is 0 Å². The summed E-state index contributed by atoms with van der Waals surface area (Å²) >= 11 is 0. The van der Waals surface area contributed by atoms with Crippen LogP contribution in [0.3, 0.4) is 0 Å². The van der Waals surface area contributed by atoms with E-state index in [1.54, 1.807) is 10.9 Å². The molecule has 1 aliphatic rings.